The molecule has 0 aliphatic heterocycles. The van der Waals surface area contributed by atoms with Crippen LogP contribution in [-0.4, -0.2) is 38.2 Å². The smallest absolute Gasteiger partial charge is 0.153 e. The van der Waals surface area contributed by atoms with E-state index in [1.54, 1.807) is 24.3 Å². The molecule has 0 atom stereocenters. The van der Waals surface area contributed by atoms with Crippen molar-refractivity contribution in [3.05, 3.63) is 24.3 Å². The van der Waals surface area contributed by atoms with Crippen LogP contribution in [-0.2, 0) is 9.84 Å². The molecule has 0 aromatic heterocycles. The summed E-state index contributed by atoms with van der Waals surface area (Å²) in [6.45, 7) is -0.00424. The molecule has 0 bridgehead atoms. The minimum absolute atomic E-state index is 0.00536. The van der Waals surface area contributed by atoms with E-state index in [9.17, 15) is 8.42 Å². The normalized spacial score (nSPS) is 11.4. The van der Waals surface area contributed by atoms with Crippen molar-refractivity contribution in [3.63, 3.8) is 0 Å². The minimum Gasteiger partial charge on any atom is -0.493 e. The second kappa shape index (κ2) is 6.46. The van der Waals surface area contributed by atoms with E-state index in [0.29, 0.717) is 11.4 Å². The van der Waals surface area contributed by atoms with Crippen molar-refractivity contribution in [2.45, 2.75) is 6.42 Å². The molecule has 0 heterocycles. The zero-order valence-corrected chi connectivity index (χ0v) is 10.3. The van der Waals surface area contributed by atoms with E-state index in [0.717, 1.165) is 0 Å². The number of anilines is 1. The van der Waals surface area contributed by atoms with Gasteiger partial charge < -0.3 is 15.6 Å². The van der Waals surface area contributed by atoms with Gasteiger partial charge in [-0.05, 0) is 30.7 Å². The van der Waals surface area contributed by atoms with Gasteiger partial charge in [0.25, 0.3) is 0 Å². The summed E-state index contributed by atoms with van der Waals surface area (Å²) in [6.07, 6.45) is 0.268. The molecule has 5 nitrogen and oxygen atoms in total. The first kappa shape index (κ1) is 13.8. The zero-order valence-electron chi connectivity index (χ0n) is 9.50. The Bertz CT molecular complexity index is 427. The fourth-order valence-electron chi connectivity index (χ4n) is 1.24. The Kier molecular flexibility index (Phi) is 5.24. The number of sulfone groups is 1. The van der Waals surface area contributed by atoms with Crippen molar-refractivity contribution < 1.29 is 18.3 Å². The lowest BCUT2D eigenvalue weighted by Gasteiger charge is -2.07. The molecule has 96 valence electrons. The van der Waals surface area contributed by atoms with E-state index < -0.39 is 9.84 Å². The predicted molar refractivity (Wildman–Crippen MR) is 66.7 cm³/mol. The van der Waals surface area contributed by atoms with Crippen molar-refractivity contribution >= 4 is 15.5 Å². The van der Waals surface area contributed by atoms with Gasteiger partial charge in [0, 0.05) is 12.3 Å². The lowest BCUT2D eigenvalue weighted by molar-refractivity contribution is 0.295. The van der Waals surface area contributed by atoms with Gasteiger partial charge >= 0.3 is 0 Å². The first-order valence-corrected chi connectivity index (χ1v) is 7.15. The molecule has 6 heteroatoms. The molecule has 0 aliphatic carbocycles. The highest BCUT2D eigenvalue weighted by Gasteiger charge is 2.10. The molecular formula is C11H17NO4S. The van der Waals surface area contributed by atoms with Crippen LogP contribution < -0.4 is 10.5 Å². The Morgan fingerprint density at radius 1 is 1.18 bits per heavy atom. The topological polar surface area (TPSA) is 89.6 Å². The van der Waals surface area contributed by atoms with E-state index in [-0.39, 0.29) is 31.1 Å². The van der Waals surface area contributed by atoms with Gasteiger partial charge in [-0.15, -0.1) is 0 Å². The van der Waals surface area contributed by atoms with Crippen molar-refractivity contribution in [2.75, 3.05) is 30.5 Å². The first-order valence-electron chi connectivity index (χ1n) is 5.33. The molecule has 0 spiro atoms. The van der Waals surface area contributed by atoms with Crippen LogP contribution in [0.2, 0.25) is 0 Å². The van der Waals surface area contributed by atoms with Crippen LogP contribution in [0.15, 0.2) is 24.3 Å². The number of aliphatic hydroxyl groups is 1. The second-order valence-corrected chi connectivity index (χ2v) is 5.95. The Morgan fingerprint density at radius 3 is 2.41 bits per heavy atom. The maximum absolute atomic E-state index is 11.4. The summed E-state index contributed by atoms with van der Waals surface area (Å²) < 4.78 is 28.1. The van der Waals surface area contributed by atoms with Crippen LogP contribution in [0.5, 0.6) is 5.75 Å². The number of aliphatic hydroxyl groups excluding tert-OH is 1. The Labute approximate surface area is 101 Å². The third kappa shape index (κ3) is 5.55. The molecule has 0 unspecified atom stereocenters. The molecule has 0 fully saturated rings. The summed E-state index contributed by atoms with van der Waals surface area (Å²) in [5.41, 5.74) is 6.14. The monoisotopic (exact) mass is 259 g/mol. The van der Waals surface area contributed by atoms with E-state index in [1.165, 1.54) is 0 Å². The maximum Gasteiger partial charge on any atom is 0.153 e. The summed E-state index contributed by atoms with van der Waals surface area (Å²) in [5, 5.41) is 8.55. The number of benzene rings is 1. The van der Waals surface area contributed by atoms with Crippen LogP contribution in [0.4, 0.5) is 5.69 Å². The molecule has 0 saturated carbocycles. The molecule has 1 rings (SSSR count). The largest absolute Gasteiger partial charge is 0.493 e. The highest BCUT2D eigenvalue weighted by atomic mass is 32.2. The maximum atomic E-state index is 11.4. The van der Waals surface area contributed by atoms with E-state index in [4.69, 9.17) is 15.6 Å². The number of rotatable bonds is 7. The van der Waals surface area contributed by atoms with E-state index >= 15 is 0 Å². The first-order chi connectivity index (χ1) is 8.03. The lowest BCUT2D eigenvalue weighted by Crippen LogP contribution is -2.17. The second-order valence-electron chi connectivity index (χ2n) is 3.65. The Balaban J connectivity index is 2.34. The van der Waals surface area contributed by atoms with Gasteiger partial charge in [-0.2, -0.15) is 0 Å². The molecule has 0 saturated heterocycles. The third-order valence-corrected chi connectivity index (χ3v) is 3.86. The summed E-state index contributed by atoms with van der Waals surface area (Å²) >= 11 is 0. The summed E-state index contributed by atoms with van der Waals surface area (Å²) in [4.78, 5) is 0. The molecule has 0 amide bonds. The van der Waals surface area contributed by atoms with Gasteiger partial charge in [0.05, 0.1) is 11.5 Å². The fraction of sp³-hybridized carbons (Fsp3) is 0.455. The summed E-state index contributed by atoms with van der Waals surface area (Å²) in [7, 11) is -3.13. The van der Waals surface area contributed by atoms with Crippen LogP contribution in [0, 0.1) is 0 Å². The van der Waals surface area contributed by atoms with Gasteiger partial charge in [-0.1, -0.05) is 0 Å². The van der Waals surface area contributed by atoms with Crippen LogP contribution in [0.25, 0.3) is 0 Å². The van der Waals surface area contributed by atoms with Gasteiger partial charge in [-0.25, -0.2) is 8.42 Å². The molecular weight excluding hydrogens is 242 g/mol. The van der Waals surface area contributed by atoms with E-state index in [1.807, 2.05) is 0 Å². The minimum atomic E-state index is -3.13. The highest BCUT2D eigenvalue weighted by molar-refractivity contribution is 7.91. The van der Waals surface area contributed by atoms with Crippen LogP contribution in [0.3, 0.4) is 0 Å². The zero-order chi connectivity index (χ0) is 12.7. The molecule has 1 aromatic rings. The van der Waals surface area contributed by atoms with Crippen molar-refractivity contribution in [3.8, 4) is 5.75 Å². The average molecular weight is 259 g/mol. The molecule has 3 N–H and O–H groups in total. The van der Waals surface area contributed by atoms with Crippen LogP contribution >= 0.6 is 0 Å². The van der Waals surface area contributed by atoms with E-state index in [2.05, 4.69) is 0 Å². The van der Waals surface area contributed by atoms with Crippen molar-refractivity contribution in [2.24, 2.45) is 0 Å². The van der Waals surface area contributed by atoms with Crippen LogP contribution in [0.1, 0.15) is 6.42 Å². The lowest BCUT2D eigenvalue weighted by atomic mass is 10.3. The third-order valence-electron chi connectivity index (χ3n) is 2.16. The summed E-state index contributed by atoms with van der Waals surface area (Å²) in [5.74, 6) is 0.544. The highest BCUT2D eigenvalue weighted by Crippen LogP contribution is 2.12. The summed E-state index contributed by atoms with van der Waals surface area (Å²) in [6, 6.07) is 6.76. The standard InChI is InChI=1S/C11H17NO4S/c12-10-2-4-11(5-3-10)16-7-9-17(14,15)8-1-6-13/h2-5,13H,1,6-9,12H2. The molecule has 0 aliphatic rings. The van der Waals surface area contributed by atoms with Gasteiger partial charge in [0.1, 0.15) is 12.4 Å². The Morgan fingerprint density at radius 2 is 1.82 bits per heavy atom. The number of nitrogen functional groups attached to an aromatic ring is 1. The van der Waals surface area contributed by atoms with Gasteiger partial charge in [0.15, 0.2) is 9.84 Å². The number of hydrogen-bond acceptors (Lipinski definition) is 5. The van der Waals surface area contributed by atoms with Crippen molar-refractivity contribution in [1.29, 1.82) is 0 Å². The quantitative estimate of drug-likeness (QED) is 0.694. The van der Waals surface area contributed by atoms with Gasteiger partial charge in [0.2, 0.25) is 0 Å². The van der Waals surface area contributed by atoms with Gasteiger partial charge in [-0.3, -0.25) is 0 Å². The average Bonchev–Trinajstić information content (AvgIpc) is 2.29. The molecule has 1 aromatic carbocycles. The molecule has 0 radical (unpaired) electrons. The number of hydrogen-bond donors (Lipinski definition) is 2. The van der Waals surface area contributed by atoms with Crippen molar-refractivity contribution in [1.82, 2.24) is 0 Å². The number of nitrogens with two attached hydrogens (primary N) is 1. The molecule has 17 heavy (non-hydrogen) atoms. The predicted octanol–water partition coefficient (Wildman–Crippen LogP) is 0.445. The SMILES string of the molecule is Nc1ccc(OCCS(=O)(=O)CCCO)cc1. The Hall–Kier alpha value is -1.27. The fourth-order valence-corrected chi connectivity index (χ4v) is 2.35. The number of ether oxygens (including phenoxy) is 1.